The molecule has 1 amide bonds. The van der Waals surface area contributed by atoms with Crippen molar-refractivity contribution in [3.05, 3.63) is 71.3 Å². The van der Waals surface area contributed by atoms with Crippen LogP contribution in [0.25, 0.3) is 0 Å². The molecule has 0 aromatic heterocycles. The minimum Gasteiger partial charge on any atom is -0.294 e. The number of rotatable bonds is 7. The second-order valence-corrected chi connectivity index (χ2v) is 8.31. The van der Waals surface area contributed by atoms with Crippen molar-refractivity contribution >= 4 is 11.7 Å². The van der Waals surface area contributed by atoms with Gasteiger partial charge in [0.25, 0.3) is 0 Å². The highest BCUT2D eigenvalue weighted by atomic mass is 16.3. The van der Waals surface area contributed by atoms with Gasteiger partial charge in [-0.3, -0.25) is 9.28 Å². The largest absolute Gasteiger partial charge is 0.316 e. The normalized spacial score (nSPS) is 22.1. The Hall–Kier alpha value is -2.81. The molecule has 0 N–H and O–H groups in total. The van der Waals surface area contributed by atoms with Crippen molar-refractivity contribution in [1.29, 1.82) is 5.26 Å². The second-order valence-electron chi connectivity index (χ2n) is 8.31. The van der Waals surface area contributed by atoms with Crippen LogP contribution >= 0.6 is 0 Å². The van der Waals surface area contributed by atoms with E-state index in [1.807, 2.05) is 31.2 Å². The van der Waals surface area contributed by atoms with E-state index in [0.29, 0.717) is 43.6 Å². The maximum atomic E-state index is 13.5. The maximum Gasteiger partial charge on any atom is 0.316 e. The number of nitriles is 1. The van der Waals surface area contributed by atoms with E-state index in [1.54, 1.807) is 24.3 Å². The molecule has 1 aliphatic rings. The van der Waals surface area contributed by atoms with E-state index >= 15 is 0 Å². The van der Waals surface area contributed by atoms with Crippen LogP contribution in [0.4, 0.5) is 0 Å². The molecule has 2 aromatic carbocycles. The predicted octanol–water partition coefficient (Wildman–Crippen LogP) is 3.95. The summed E-state index contributed by atoms with van der Waals surface area (Å²) < 4.78 is 0.287. The van der Waals surface area contributed by atoms with Gasteiger partial charge < -0.3 is 0 Å². The Bertz CT molecular complexity index is 908. The number of quaternary nitrogens is 1. The van der Waals surface area contributed by atoms with Crippen LogP contribution in [0.3, 0.4) is 0 Å². The summed E-state index contributed by atoms with van der Waals surface area (Å²) in [4.78, 5) is 26.2. The maximum absolute atomic E-state index is 13.5. The van der Waals surface area contributed by atoms with Crippen LogP contribution in [0.2, 0.25) is 0 Å². The topological polar surface area (TPSA) is 77.8 Å². The molecule has 1 atom stereocenters. The smallest absolute Gasteiger partial charge is 0.294 e. The van der Waals surface area contributed by atoms with Crippen molar-refractivity contribution in [2.75, 3.05) is 19.6 Å². The van der Waals surface area contributed by atoms with E-state index in [-0.39, 0.29) is 22.6 Å². The lowest BCUT2D eigenvalue weighted by Gasteiger charge is -2.41. The number of ketones is 1. The molecule has 0 spiro atoms. The average Bonchev–Trinajstić information content (AvgIpc) is 2.79. The van der Waals surface area contributed by atoms with Gasteiger partial charge in [0.05, 0.1) is 37.2 Å². The van der Waals surface area contributed by atoms with Crippen molar-refractivity contribution in [2.45, 2.75) is 38.7 Å². The SMILES string of the molecule is C[C@H](CC(=O)c1ccc(C#N)cc1)C(=O)[N+]1(CCc2ccccc2)CCC([O])CC1. The summed E-state index contributed by atoms with van der Waals surface area (Å²) in [5.41, 5.74) is 2.19. The fraction of sp³-hybridized carbons (Fsp3) is 0.400. The van der Waals surface area contributed by atoms with Gasteiger partial charge in [0.1, 0.15) is 6.10 Å². The molecule has 30 heavy (non-hydrogen) atoms. The quantitative estimate of drug-likeness (QED) is 0.518. The fourth-order valence-electron chi connectivity index (χ4n) is 4.26. The summed E-state index contributed by atoms with van der Waals surface area (Å²) in [7, 11) is 0. The summed E-state index contributed by atoms with van der Waals surface area (Å²) in [6, 6.07) is 18.6. The molecule has 1 aliphatic heterocycles. The van der Waals surface area contributed by atoms with Gasteiger partial charge >= 0.3 is 5.91 Å². The number of benzene rings is 2. The summed E-state index contributed by atoms with van der Waals surface area (Å²) >= 11 is 0. The molecule has 1 saturated heterocycles. The molecule has 1 heterocycles. The zero-order valence-corrected chi connectivity index (χ0v) is 17.4. The average molecular weight is 405 g/mol. The Balaban J connectivity index is 1.71. The lowest BCUT2D eigenvalue weighted by Crippen LogP contribution is -2.60. The number of amides is 1. The first-order valence-corrected chi connectivity index (χ1v) is 10.6. The van der Waals surface area contributed by atoms with Gasteiger partial charge in [-0.05, 0) is 24.6 Å². The molecule has 155 valence electrons. The van der Waals surface area contributed by atoms with Crippen LogP contribution in [-0.2, 0) is 16.3 Å². The van der Waals surface area contributed by atoms with Gasteiger partial charge in [0.15, 0.2) is 5.78 Å². The number of nitrogens with zero attached hydrogens (tertiary/aromatic N) is 2. The third kappa shape index (κ3) is 5.21. The summed E-state index contributed by atoms with van der Waals surface area (Å²) in [5, 5.41) is 20.8. The fourth-order valence-corrected chi connectivity index (χ4v) is 4.26. The molecule has 0 bridgehead atoms. The first kappa shape index (κ1) is 21.9. The number of piperidine rings is 1. The molecule has 2 aromatic rings. The highest BCUT2D eigenvalue weighted by Gasteiger charge is 2.43. The van der Waals surface area contributed by atoms with Crippen LogP contribution < -0.4 is 0 Å². The Labute approximate surface area is 178 Å². The van der Waals surface area contributed by atoms with Gasteiger partial charge in [0, 0.05) is 31.2 Å². The first-order valence-electron chi connectivity index (χ1n) is 10.6. The predicted molar refractivity (Wildman–Crippen MR) is 113 cm³/mol. The summed E-state index contributed by atoms with van der Waals surface area (Å²) in [6.45, 7) is 3.57. The molecule has 5 nitrogen and oxygen atoms in total. The van der Waals surface area contributed by atoms with Gasteiger partial charge in [-0.25, -0.2) is 9.90 Å². The molecule has 0 unspecified atom stereocenters. The van der Waals surface area contributed by atoms with E-state index in [2.05, 4.69) is 12.1 Å². The van der Waals surface area contributed by atoms with E-state index in [4.69, 9.17) is 5.26 Å². The van der Waals surface area contributed by atoms with Crippen LogP contribution in [-0.4, -0.2) is 41.9 Å². The highest BCUT2D eigenvalue weighted by Crippen LogP contribution is 2.26. The number of likely N-dealkylation sites (tertiary alicyclic amines) is 1. The van der Waals surface area contributed by atoms with Gasteiger partial charge in [0.2, 0.25) is 0 Å². The zero-order valence-electron chi connectivity index (χ0n) is 17.4. The van der Waals surface area contributed by atoms with Crippen LogP contribution in [0.1, 0.15) is 47.7 Å². The lowest BCUT2D eigenvalue weighted by molar-refractivity contribution is -0.862. The monoisotopic (exact) mass is 404 g/mol. The molecule has 0 saturated carbocycles. The Kier molecular flexibility index (Phi) is 7.15. The van der Waals surface area contributed by atoms with Gasteiger partial charge in [-0.2, -0.15) is 5.26 Å². The minimum absolute atomic E-state index is 0.0554. The number of carbonyl (C=O) groups excluding carboxylic acids is 2. The summed E-state index contributed by atoms with van der Waals surface area (Å²) in [5.74, 6) is -0.466. The van der Waals surface area contributed by atoms with E-state index in [1.165, 1.54) is 5.56 Å². The van der Waals surface area contributed by atoms with E-state index < -0.39 is 12.0 Å². The minimum atomic E-state index is -0.601. The Morgan fingerprint density at radius 3 is 2.30 bits per heavy atom. The molecular formula is C25H28N2O3+. The van der Waals surface area contributed by atoms with Crippen LogP contribution in [0.5, 0.6) is 0 Å². The summed E-state index contributed by atoms with van der Waals surface area (Å²) in [6.07, 6.45) is 1.30. The van der Waals surface area contributed by atoms with Gasteiger partial charge in [-0.15, -0.1) is 0 Å². The standard InChI is InChI=1S/C25H28N2O3/c1-19(17-24(29)22-9-7-21(18-26)8-10-22)25(30)27(15-12-23(28)13-16-27)14-11-20-5-3-2-4-6-20/h2-10,19,23H,11-17H2,1H3/q+1/t19-,23?,27?/m1/s1. The second kappa shape index (κ2) is 9.80. The van der Waals surface area contributed by atoms with Crippen molar-refractivity contribution < 1.29 is 19.2 Å². The Morgan fingerprint density at radius 1 is 1.07 bits per heavy atom. The van der Waals surface area contributed by atoms with E-state index in [0.717, 1.165) is 6.42 Å². The van der Waals surface area contributed by atoms with Crippen molar-refractivity contribution in [2.24, 2.45) is 5.92 Å². The van der Waals surface area contributed by atoms with Crippen molar-refractivity contribution in [1.82, 2.24) is 0 Å². The van der Waals surface area contributed by atoms with Crippen molar-refractivity contribution in [3.8, 4) is 6.07 Å². The number of carbonyl (C=O) groups is 2. The molecule has 1 fully saturated rings. The molecule has 3 rings (SSSR count). The first-order chi connectivity index (χ1) is 14.4. The molecule has 1 radical (unpaired) electrons. The molecule has 0 aliphatic carbocycles. The zero-order chi connectivity index (χ0) is 21.6. The van der Waals surface area contributed by atoms with Crippen molar-refractivity contribution in [3.63, 3.8) is 0 Å². The molecular weight excluding hydrogens is 376 g/mol. The lowest BCUT2D eigenvalue weighted by atomic mass is 9.94. The third-order valence-electron chi connectivity index (χ3n) is 6.15. The van der Waals surface area contributed by atoms with Crippen LogP contribution in [0, 0.1) is 17.2 Å². The third-order valence-corrected chi connectivity index (χ3v) is 6.15. The number of hydrogen-bond donors (Lipinski definition) is 0. The highest BCUT2D eigenvalue weighted by molar-refractivity contribution is 5.98. The van der Waals surface area contributed by atoms with Crippen LogP contribution in [0.15, 0.2) is 54.6 Å². The van der Waals surface area contributed by atoms with Gasteiger partial charge in [-0.1, -0.05) is 42.5 Å². The number of hydrogen-bond acceptors (Lipinski definition) is 3. The Morgan fingerprint density at radius 2 is 1.70 bits per heavy atom. The molecule has 5 heteroatoms. The number of Topliss-reactive ketones (excluding diaryl/α,β-unsaturated/α-hetero) is 1. The van der Waals surface area contributed by atoms with E-state index in [9.17, 15) is 14.7 Å².